The lowest BCUT2D eigenvalue weighted by Crippen LogP contribution is -2.41. The minimum atomic E-state index is -0.134. The van der Waals surface area contributed by atoms with E-state index in [1.165, 1.54) is 18.1 Å². The Morgan fingerprint density at radius 1 is 1.36 bits per heavy atom. The molecule has 0 bridgehead atoms. The average molecular weight is 338 g/mol. The molecule has 0 aromatic carbocycles. The lowest BCUT2D eigenvalue weighted by atomic mass is 10.4. The van der Waals surface area contributed by atoms with Crippen LogP contribution in [0.4, 0.5) is 0 Å². The maximum Gasteiger partial charge on any atom is 0.239 e. The number of carbonyl (C=O) groups is 2. The number of aromatic nitrogens is 2. The van der Waals surface area contributed by atoms with Gasteiger partial charge in [0.1, 0.15) is 16.2 Å². The molecule has 0 atom stereocenters. The van der Waals surface area contributed by atoms with Crippen molar-refractivity contribution in [3.63, 3.8) is 0 Å². The first-order valence-corrected chi connectivity index (χ1v) is 8.87. The zero-order valence-electron chi connectivity index (χ0n) is 12.5. The van der Waals surface area contributed by atoms with Crippen molar-refractivity contribution in [2.45, 2.75) is 18.9 Å². The van der Waals surface area contributed by atoms with Crippen LogP contribution in [0, 0.1) is 0 Å². The monoisotopic (exact) mass is 338 g/mol. The van der Waals surface area contributed by atoms with Gasteiger partial charge in [0.25, 0.3) is 0 Å². The van der Waals surface area contributed by atoms with Gasteiger partial charge in [-0.25, -0.2) is 9.97 Å². The van der Waals surface area contributed by atoms with Gasteiger partial charge in [-0.15, -0.1) is 11.3 Å². The molecule has 6 nitrogen and oxygen atoms in total. The maximum atomic E-state index is 12.2. The Bertz CT molecular complexity index is 659. The number of fused-ring (bicyclic) bond motifs is 1. The first-order chi connectivity index (χ1) is 10.7. The normalized spacial score (nSPS) is 10.6. The Labute approximate surface area is 137 Å². The highest BCUT2D eigenvalue weighted by Gasteiger charge is 2.16. The lowest BCUT2D eigenvalue weighted by Gasteiger charge is -2.19. The van der Waals surface area contributed by atoms with E-state index in [9.17, 15) is 9.59 Å². The Hall–Kier alpha value is -1.67. The van der Waals surface area contributed by atoms with E-state index in [-0.39, 0.29) is 24.1 Å². The van der Waals surface area contributed by atoms with E-state index in [4.69, 9.17) is 0 Å². The van der Waals surface area contributed by atoms with Crippen LogP contribution in [-0.4, -0.2) is 52.1 Å². The number of nitrogens with zero attached hydrogens (tertiary/aromatic N) is 3. The third kappa shape index (κ3) is 4.17. The van der Waals surface area contributed by atoms with Crippen LogP contribution in [0.2, 0.25) is 0 Å². The van der Waals surface area contributed by atoms with Crippen molar-refractivity contribution in [2.24, 2.45) is 0 Å². The maximum absolute atomic E-state index is 12.2. The molecule has 0 unspecified atom stereocenters. The summed E-state index contributed by atoms with van der Waals surface area (Å²) in [4.78, 5) is 34.7. The number of likely N-dealkylation sites (N-methyl/N-ethyl adjacent to an activating group) is 2. The number of amides is 2. The standard InChI is InChI=1S/C14H18N4O2S2/c1-3-15-11(19)7-18(4-2)12(20)8-22-14-10-5-6-21-13(10)16-9-17-14/h5-6,9H,3-4,7-8H2,1-2H3,(H,15,19). The van der Waals surface area contributed by atoms with Crippen LogP contribution in [-0.2, 0) is 9.59 Å². The molecule has 0 spiro atoms. The molecule has 2 rings (SSSR count). The number of hydrogen-bond acceptors (Lipinski definition) is 6. The van der Waals surface area contributed by atoms with Crippen molar-refractivity contribution in [3.05, 3.63) is 17.8 Å². The molecule has 0 aliphatic rings. The molecule has 118 valence electrons. The zero-order chi connectivity index (χ0) is 15.9. The molecule has 0 saturated heterocycles. The number of thiophene rings is 1. The predicted molar refractivity (Wildman–Crippen MR) is 89.1 cm³/mol. The predicted octanol–water partition coefficient (Wildman–Crippen LogP) is 1.77. The van der Waals surface area contributed by atoms with Gasteiger partial charge in [-0.05, 0) is 25.3 Å². The van der Waals surface area contributed by atoms with Gasteiger partial charge in [0.05, 0.1) is 12.3 Å². The summed E-state index contributed by atoms with van der Waals surface area (Å²) in [5.41, 5.74) is 0. The fraction of sp³-hybridized carbons (Fsp3) is 0.429. The number of carbonyl (C=O) groups excluding carboxylic acids is 2. The van der Waals surface area contributed by atoms with Gasteiger partial charge in [0, 0.05) is 18.5 Å². The molecule has 2 amide bonds. The van der Waals surface area contributed by atoms with Crippen LogP contribution < -0.4 is 5.32 Å². The summed E-state index contributed by atoms with van der Waals surface area (Å²) in [6.45, 7) is 4.89. The van der Waals surface area contributed by atoms with Crippen molar-refractivity contribution in [2.75, 3.05) is 25.4 Å². The van der Waals surface area contributed by atoms with Gasteiger partial charge in [-0.2, -0.15) is 0 Å². The summed E-state index contributed by atoms with van der Waals surface area (Å²) in [7, 11) is 0. The van der Waals surface area contributed by atoms with Gasteiger partial charge in [-0.1, -0.05) is 11.8 Å². The van der Waals surface area contributed by atoms with E-state index in [0.29, 0.717) is 13.1 Å². The molecule has 0 saturated carbocycles. The Kier molecular flexibility index (Phi) is 6.14. The summed E-state index contributed by atoms with van der Waals surface area (Å²) in [6, 6.07) is 1.96. The Morgan fingerprint density at radius 2 is 2.18 bits per heavy atom. The van der Waals surface area contributed by atoms with E-state index in [1.54, 1.807) is 16.2 Å². The van der Waals surface area contributed by atoms with Crippen molar-refractivity contribution in [3.8, 4) is 0 Å². The largest absolute Gasteiger partial charge is 0.355 e. The summed E-state index contributed by atoms with van der Waals surface area (Å²) in [5.74, 6) is 0.0561. The van der Waals surface area contributed by atoms with Crippen LogP contribution in [0.15, 0.2) is 22.8 Å². The SMILES string of the molecule is CCNC(=O)CN(CC)C(=O)CSc1ncnc2sccc12. The summed E-state index contributed by atoms with van der Waals surface area (Å²) in [5, 5.41) is 6.43. The summed E-state index contributed by atoms with van der Waals surface area (Å²) >= 11 is 2.93. The molecule has 0 aliphatic carbocycles. The molecule has 2 aromatic rings. The van der Waals surface area contributed by atoms with Crippen molar-refractivity contribution < 1.29 is 9.59 Å². The highest BCUT2D eigenvalue weighted by atomic mass is 32.2. The second kappa shape index (κ2) is 8.09. The minimum absolute atomic E-state index is 0.0688. The van der Waals surface area contributed by atoms with E-state index in [0.717, 1.165) is 15.2 Å². The third-order valence-corrected chi connectivity index (χ3v) is 4.81. The summed E-state index contributed by atoms with van der Waals surface area (Å²) in [6.07, 6.45) is 1.51. The number of rotatable bonds is 7. The molecule has 0 aliphatic heterocycles. The highest BCUT2D eigenvalue weighted by molar-refractivity contribution is 8.00. The van der Waals surface area contributed by atoms with E-state index in [2.05, 4.69) is 15.3 Å². The fourth-order valence-electron chi connectivity index (χ4n) is 1.91. The third-order valence-electron chi connectivity index (χ3n) is 3.00. The van der Waals surface area contributed by atoms with Crippen molar-refractivity contribution in [1.82, 2.24) is 20.2 Å². The molecule has 8 heteroatoms. The van der Waals surface area contributed by atoms with Crippen LogP contribution >= 0.6 is 23.1 Å². The number of nitrogens with one attached hydrogen (secondary N) is 1. The topological polar surface area (TPSA) is 75.2 Å². The molecule has 0 radical (unpaired) electrons. The van der Waals surface area contributed by atoms with E-state index >= 15 is 0 Å². The van der Waals surface area contributed by atoms with Crippen LogP contribution in [0.3, 0.4) is 0 Å². The number of hydrogen-bond donors (Lipinski definition) is 1. The van der Waals surface area contributed by atoms with Crippen molar-refractivity contribution in [1.29, 1.82) is 0 Å². The highest BCUT2D eigenvalue weighted by Crippen LogP contribution is 2.27. The molecule has 2 aromatic heterocycles. The molecule has 2 heterocycles. The van der Waals surface area contributed by atoms with Gasteiger partial charge in [0.2, 0.25) is 11.8 Å². The molecule has 0 fully saturated rings. The fourth-order valence-corrected chi connectivity index (χ4v) is 3.59. The van der Waals surface area contributed by atoms with Gasteiger partial charge in [-0.3, -0.25) is 9.59 Å². The number of thioether (sulfide) groups is 1. The molecule has 22 heavy (non-hydrogen) atoms. The molecular weight excluding hydrogens is 320 g/mol. The van der Waals surface area contributed by atoms with Gasteiger partial charge < -0.3 is 10.2 Å². The second-order valence-electron chi connectivity index (χ2n) is 4.47. The van der Waals surface area contributed by atoms with Crippen LogP contribution in [0.1, 0.15) is 13.8 Å². The van der Waals surface area contributed by atoms with Gasteiger partial charge >= 0.3 is 0 Å². The lowest BCUT2D eigenvalue weighted by molar-refractivity contribution is -0.133. The Morgan fingerprint density at radius 3 is 2.91 bits per heavy atom. The van der Waals surface area contributed by atoms with Crippen molar-refractivity contribution >= 4 is 45.1 Å². The quantitative estimate of drug-likeness (QED) is 0.615. The molecular formula is C14H18N4O2S2. The van der Waals surface area contributed by atoms with E-state index in [1.807, 2.05) is 25.3 Å². The van der Waals surface area contributed by atoms with E-state index < -0.39 is 0 Å². The minimum Gasteiger partial charge on any atom is -0.355 e. The smallest absolute Gasteiger partial charge is 0.239 e. The van der Waals surface area contributed by atoms with Crippen LogP contribution in [0.25, 0.3) is 10.2 Å². The van der Waals surface area contributed by atoms with Gasteiger partial charge in [0.15, 0.2) is 0 Å². The molecule has 1 N–H and O–H groups in total. The average Bonchev–Trinajstić information content (AvgIpc) is 2.99. The second-order valence-corrected chi connectivity index (χ2v) is 6.33. The first kappa shape index (κ1) is 16.7. The first-order valence-electron chi connectivity index (χ1n) is 7.01. The zero-order valence-corrected chi connectivity index (χ0v) is 14.2. The Balaban J connectivity index is 1.96. The van der Waals surface area contributed by atoms with Crippen LogP contribution in [0.5, 0.6) is 0 Å². The summed E-state index contributed by atoms with van der Waals surface area (Å²) < 4.78 is 0.